The van der Waals surface area contributed by atoms with E-state index in [0.29, 0.717) is 0 Å². The molecule has 0 aliphatic heterocycles. The van der Waals surface area contributed by atoms with Gasteiger partial charge in [0.05, 0.1) is 0 Å². The molecule has 0 heterocycles. The molecule has 0 aromatic carbocycles. The van der Waals surface area contributed by atoms with Gasteiger partial charge in [-0.3, -0.25) is 0 Å². The fourth-order valence-electron chi connectivity index (χ4n) is 2.50. The molecular formula is C13H27N. The van der Waals surface area contributed by atoms with Crippen LogP contribution in [0.3, 0.4) is 0 Å². The van der Waals surface area contributed by atoms with Gasteiger partial charge in [0.25, 0.3) is 0 Å². The highest BCUT2D eigenvalue weighted by Gasteiger charge is 2.14. The van der Waals surface area contributed by atoms with Gasteiger partial charge >= 0.3 is 0 Å². The molecule has 84 valence electrons. The fourth-order valence-corrected chi connectivity index (χ4v) is 2.50. The maximum absolute atomic E-state index is 3.76. The molecule has 0 aromatic rings. The van der Waals surface area contributed by atoms with Crippen molar-refractivity contribution in [3.8, 4) is 0 Å². The Hall–Kier alpha value is -0.0400. The Morgan fingerprint density at radius 2 is 1.86 bits per heavy atom. The fraction of sp³-hybridized carbons (Fsp3) is 1.00. The number of hydrogen-bond donors (Lipinski definition) is 1. The van der Waals surface area contributed by atoms with Gasteiger partial charge < -0.3 is 5.32 Å². The van der Waals surface area contributed by atoms with E-state index in [4.69, 9.17) is 0 Å². The second kappa shape index (κ2) is 7.28. The van der Waals surface area contributed by atoms with Crippen molar-refractivity contribution in [2.75, 3.05) is 6.54 Å². The van der Waals surface area contributed by atoms with Crippen molar-refractivity contribution < 1.29 is 0 Å². The van der Waals surface area contributed by atoms with E-state index in [9.17, 15) is 0 Å². The molecule has 1 saturated carbocycles. The first-order valence-electron chi connectivity index (χ1n) is 6.60. The average Bonchev–Trinajstić information content (AvgIpc) is 2.25. The Morgan fingerprint density at radius 1 is 1.14 bits per heavy atom. The third kappa shape index (κ3) is 4.45. The zero-order valence-electron chi connectivity index (χ0n) is 10.0. The van der Waals surface area contributed by atoms with Crippen LogP contribution in [0, 0.1) is 5.92 Å². The zero-order chi connectivity index (χ0) is 10.2. The third-order valence-electron chi connectivity index (χ3n) is 3.57. The Bertz CT molecular complexity index is 122. The molecule has 1 rings (SSSR count). The van der Waals surface area contributed by atoms with E-state index in [1.807, 2.05) is 0 Å². The van der Waals surface area contributed by atoms with Gasteiger partial charge in [0.15, 0.2) is 0 Å². The molecule has 1 atom stereocenters. The van der Waals surface area contributed by atoms with Crippen molar-refractivity contribution in [2.24, 2.45) is 5.92 Å². The summed E-state index contributed by atoms with van der Waals surface area (Å²) in [5.74, 6) is 0.918. The average molecular weight is 197 g/mol. The molecule has 1 N–H and O–H groups in total. The standard InChI is InChI=1S/C13H27N/c1-3-8-12(4-2)11-14-13-9-6-5-7-10-13/h12-14H,3-11H2,1-2H3. The maximum atomic E-state index is 3.76. The van der Waals surface area contributed by atoms with Gasteiger partial charge in [-0.25, -0.2) is 0 Å². The summed E-state index contributed by atoms with van der Waals surface area (Å²) in [6.45, 7) is 5.88. The minimum absolute atomic E-state index is 0.842. The van der Waals surface area contributed by atoms with Gasteiger partial charge in [-0.2, -0.15) is 0 Å². The number of hydrogen-bond acceptors (Lipinski definition) is 1. The topological polar surface area (TPSA) is 12.0 Å². The largest absolute Gasteiger partial charge is 0.314 e. The van der Waals surface area contributed by atoms with Crippen molar-refractivity contribution in [1.82, 2.24) is 5.32 Å². The lowest BCUT2D eigenvalue weighted by Gasteiger charge is -2.25. The maximum Gasteiger partial charge on any atom is 0.00671 e. The van der Waals surface area contributed by atoms with Crippen LogP contribution in [0.2, 0.25) is 0 Å². The van der Waals surface area contributed by atoms with Gasteiger partial charge in [-0.15, -0.1) is 0 Å². The second-order valence-electron chi connectivity index (χ2n) is 4.81. The van der Waals surface area contributed by atoms with E-state index in [2.05, 4.69) is 19.2 Å². The van der Waals surface area contributed by atoms with Gasteiger partial charge in [0, 0.05) is 6.04 Å². The molecule has 1 aliphatic rings. The Morgan fingerprint density at radius 3 is 2.43 bits per heavy atom. The summed E-state index contributed by atoms with van der Waals surface area (Å²) in [4.78, 5) is 0. The van der Waals surface area contributed by atoms with Crippen LogP contribution in [0.1, 0.15) is 65.2 Å². The quantitative estimate of drug-likeness (QED) is 0.684. The SMILES string of the molecule is CCCC(CC)CNC1CCCCC1. The summed E-state index contributed by atoms with van der Waals surface area (Å²) >= 11 is 0. The normalized spacial score (nSPS) is 21.0. The highest BCUT2D eigenvalue weighted by atomic mass is 14.9. The van der Waals surface area contributed by atoms with Crippen molar-refractivity contribution >= 4 is 0 Å². The summed E-state index contributed by atoms with van der Waals surface area (Å²) in [7, 11) is 0. The molecule has 0 bridgehead atoms. The summed E-state index contributed by atoms with van der Waals surface area (Å²) in [5, 5.41) is 3.76. The molecule has 14 heavy (non-hydrogen) atoms. The van der Waals surface area contributed by atoms with Gasteiger partial charge in [0.2, 0.25) is 0 Å². The lowest BCUT2D eigenvalue weighted by atomic mass is 9.94. The van der Waals surface area contributed by atoms with Crippen LogP contribution in [0.15, 0.2) is 0 Å². The van der Waals surface area contributed by atoms with Crippen LogP contribution in [-0.4, -0.2) is 12.6 Å². The van der Waals surface area contributed by atoms with Crippen LogP contribution in [0.25, 0.3) is 0 Å². The minimum Gasteiger partial charge on any atom is -0.314 e. The summed E-state index contributed by atoms with van der Waals surface area (Å²) in [5.41, 5.74) is 0. The third-order valence-corrected chi connectivity index (χ3v) is 3.57. The second-order valence-corrected chi connectivity index (χ2v) is 4.81. The minimum atomic E-state index is 0.842. The van der Waals surface area contributed by atoms with Crippen molar-refractivity contribution in [3.05, 3.63) is 0 Å². The number of rotatable bonds is 6. The Balaban J connectivity index is 2.10. The molecule has 0 amide bonds. The van der Waals surface area contributed by atoms with Gasteiger partial charge in [-0.05, 0) is 31.7 Å². The molecule has 0 radical (unpaired) electrons. The number of nitrogens with one attached hydrogen (secondary N) is 1. The molecule has 0 saturated heterocycles. The van der Waals surface area contributed by atoms with Crippen molar-refractivity contribution in [1.29, 1.82) is 0 Å². The summed E-state index contributed by atoms with van der Waals surface area (Å²) in [6, 6.07) is 0.842. The molecule has 0 spiro atoms. The van der Waals surface area contributed by atoms with Crippen LogP contribution < -0.4 is 5.32 Å². The first-order chi connectivity index (χ1) is 6.86. The highest BCUT2D eigenvalue weighted by Crippen LogP contribution is 2.18. The van der Waals surface area contributed by atoms with E-state index in [0.717, 1.165) is 12.0 Å². The van der Waals surface area contributed by atoms with E-state index in [-0.39, 0.29) is 0 Å². The molecule has 1 aliphatic carbocycles. The zero-order valence-corrected chi connectivity index (χ0v) is 10.0. The first-order valence-corrected chi connectivity index (χ1v) is 6.60. The molecule has 1 nitrogen and oxygen atoms in total. The van der Waals surface area contributed by atoms with Crippen molar-refractivity contribution in [3.63, 3.8) is 0 Å². The smallest absolute Gasteiger partial charge is 0.00671 e. The molecule has 1 unspecified atom stereocenters. The van der Waals surface area contributed by atoms with Crippen LogP contribution >= 0.6 is 0 Å². The predicted molar refractivity (Wildman–Crippen MR) is 63.6 cm³/mol. The summed E-state index contributed by atoms with van der Waals surface area (Å²) in [6.07, 6.45) is 11.3. The molecule has 0 aromatic heterocycles. The van der Waals surface area contributed by atoms with Crippen molar-refractivity contribution in [2.45, 2.75) is 71.3 Å². The van der Waals surface area contributed by atoms with E-state index in [1.165, 1.54) is 57.9 Å². The van der Waals surface area contributed by atoms with Crippen LogP contribution in [0.5, 0.6) is 0 Å². The van der Waals surface area contributed by atoms with Crippen LogP contribution in [0.4, 0.5) is 0 Å². The lowest BCUT2D eigenvalue weighted by Crippen LogP contribution is -2.34. The molecular weight excluding hydrogens is 170 g/mol. The predicted octanol–water partition coefficient (Wildman–Crippen LogP) is 3.74. The lowest BCUT2D eigenvalue weighted by molar-refractivity contribution is 0.334. The highest BCUT2D eigenvalue weighted by molar-refractivity contribution is 4.73. The monoisotopic (exact) mass is 197 g/mol. The van der Waals surface area contributed by atoms with Gasteiger partial charge in [-0.1, -0.05) is 46.0 Å². The summed E-state index contributed by atoms with van der Waals surface area (Å²) < 4.78 is 0. The first kappa shape index (κ1) is 12.0. The van der Waals surface area contributed by atoms with E-state index < -0.39 is 0 Å². The molecule has 1 heteroatoms. The van der Waals surface area contributed by atoms with Gasteiger partial charge in [0.1, 0.15) is 0 Å². The Kier molecular flexibility index (Phi) is 6.25. The van der Waals surface area contributed by atoms with E-state index in [1.54, 1.807) is 0 Å². The molecule has 1 fully saturated rings. The van der Waals surface area contributed by atoms with E-state index >= 15 is 0 Å². The van der Waals surface area contributed by atoms with Crippen LogP contribution in [-0.2, 0) is 0 Å². The Labute approximate surface area is 89.7 Å².